The molecule has 1 rings (SSSR count). The summed E-state index contributed by atoms with van der Waals surface area (Å²) in [4.78, 5) is 10.3. The molecule has 0 aliphatic carbocycles. The number of aryl methyl sites for hydroxylation is 2. The van der Waals surface area contributed by atoms with Crippen LogP contribution in [0.3, 0.4) is 0 Å². The Balaban J connectivity index is 2.34. The van der Waals surface area contributed by atoms with E-state index in [2.05, 4.69) is 5.32 Å². The van der Waals surface area contributed by atoms with E-state index in [1.54, 1.807) is 0 Å². The fourth-order valence-corrected chi connectivity index (χ4v) is 1.69. The summed E-state index contributed by atoms with van der Waals surface area (Å²) in [7, 11) is 0. The summed E-state index contributed by atoms with van der Waals surface area (Å²) in [6.07, 6.45) is 0.191. The van der Waals surface area contributed by atoms with Gasteiger partial charge in [-0.1, -0.05) is 18.2 Å². The van der Waals surface area contributed by atoms with Crippen molar-refractivity contribution < 1.29 is 15.0 Å². The molecule has 4 heteroatoms. The van der Waals surface area contributed by atoms with Crippen molar-refractivity contribution in [2.75, 3.05) is 13.1 Å². The third-order valence-corrected chi connectivity index (χ3v) is 3.00. The normalized spacial score (nSPS) is 12.4. The van der Waals surface area contributed by atoms with E-state index in [0.717, 1.165) is 11.1 Å². The molecule has 0 aliphatic rings. The number of rotatable bonds is 7. The number of hydrogen-bond acceptors (Lipinski definition) is 3. The second kappa shape index (κ2) is 7.13. The highest BCUT2D eigenvalue weighted by Gasteiger charge is 2.07. The lowest BCUT2D eigenvalue weighted by Crippen LogP contribution is -2.23. The number of nitrogens with one attached hydrogen (secondary N) is 1. The first-order chi connectivity index (χ1) is 8.50. The number of hydrogen-bond donors (Lipinski definition) is 3. The Morgan fingerprint density at radius 2 is 2.06 bits per heavy atom. The summed E-state index contributed by atoms with van der Waals surface area (Å²) >= 11 is 0. The van der Waals surface area contributed by atoms with Crippen molar-refractivity contribution >= 4 is 5.97 Å². The van der Waals surface area contributed by atoms with Crippen LogP contribution in [0.4, 0.5) is 0 Å². The zero-order chi connectivity index (χ0) is 13.5. The molecule has 0 fully saturated rings. The molecule has 18 heavy (non-hydrogen) atoms. The van der Waals surface area contributed by atoms with Gasteiger partial charge in [-0.05, 0) is 43.5 Å². The maximum atomic E-state index is 10.3. The lowest BCUT2D eigenvalue weighted by atomic mass is 10.0. The first-order valence-electron chi connectivity index (χ1n) is 6.18. The molecule has 1 unspecified atom stereocenters. The minimum atomic E-state index is -0.786. The van der Waals surface area contributed by atoms with E-state index < -0.39 is 12.1 Å². The first kappa shape index (κ1) is 14.7. The van der Waals surface area contributed by atoms with Crippen LogP contribution in [0, 0.1) is 13.8 Å². The Hall–Kier alpha value is -1.39. The summed E-state index contributed by atoms with van der Waals surface area (Å²) in [5.41, 5.74) is 3.27. The minimum Gasteiger partial charge on any atom is -0.481 e. The fraction of sp³-hybridized carbons (Fsp3) is 0.500. The second-order valence-electron chi connectivity index (χ2n) is 4.56. The van der Waals surface area contributed by atoms with Crippen molar-refractivity contribution in [2.24, 2.45) is 0 Å². The Bertz CT molecular complexity index is 404. The van der Waals surface area contributed by atoms with Crippen molar-refractivity contribution in [3.05, 3.63) is 34.9 Å². The van der Waals surface area contributed by atoms with Crippen LogP contribution >= 0.6 is 0 Å². The fourth-order valence-electron chi connectivity index (χ4n) is 1.69. The Labute approximate surface area is 108 Å². The first-order valence-corrected chi connectivity index (χ1v) is 6.18. The third-order valence-electron chi connectivity index (χ3n) is 3.00. The third kappa shape index (κ3) is 4.85. The lowest BCUT2D eigenvalue weighted by molar-refractivity contribution is -0.137. The molecule has 0 radical (unpaired) electrons. The molecule has 0 saturated heterocycles. The summed E-state index contributed by atoms with van der Waals surface area (Å²) in [6, 6.07) is 5.91. The molecule has 0 heterocycles. The predicted molar refractivity (Wildman–Crippen MR) is 70.6 cm³/mol. The largest absolute Gasteiger partial charge is 0.481 e. The maximum absolute atomic E-state index is 10.3. The Morgan fingerprint density at radius 1 is 1.33 bits per heavy atom. The Kier molecular flexibility index (Phi) is 5.82. The summed E-state index contributed by atoms with van der Waals surface area (Å²) in [5.74, 6) is -0.786. The molecular weight excluding hydrogens is 230 g/mol. The SMILES string of the molecule is Cc1ccc(C(O)CNCCCC(=O)O)cc1C. The zero-order valence-corrected chi connectivity index (χ0v) is 10.9. The predicted octanol–water partition coefficient (Wildman–Crippen LogP) is 1.79. The van der Waals surface area contributed by atoms with Crippen LogP contribution in [0.25, 0.3) is 0 Å². The van der Waals surface area contributed by atoms with Crippen molar-refractivity contribution in [1.29, 1.82) is 0 Å². The van der Waals surface area contributed by atoms with Gasteiger partial charge < -0.3 is 15.5 Å². The van der Waals surface area contributed by atoms with Crippen molar-refractivity contribution in [3.63, 3.8) is 0 Å². The van der Waals surface area contributed by atoms with Gasteiger partial charge in [-0.15, -0.1) is 0 Å². The average molecular weight is 251 g/mol. The van der Waals surface area contributed by atoms with Gasteiger partial charge in [-0.2, -0.15) is 0 Å². The molecule has 0 bridgehead atoms. The van der Waals surface area contributed by atoms with Gasteiger partial charge in [-0.3, -0.25) is 4.79 Å². The smallest absolute Gasteiger partial charge is 0.303 e. The minimum absolute atomic E-state index is 0.159. The monoisotopic (exact) mass is 251 g/mol. The number of carbonyl (C=O) groups is 1. The maximum Gasteiger partial charge on any atom is 0.303 e. The van der Waals surface area contributed by atoms with Gasteiger partial charge in [-0.25, -0.2) is 0 Å². The number of carboxylic acid groups (broad SMARTS) is 1. The van der Waals surface area contributed by atoms with Crippen molar-refractivity contribution in [2.45, 2.75) is 32.8 Å². The molecule has 1 aromatic rings. The molecule has 0 aliphatic heterocycles. The van der Waals surface area contributed by atoms with E-state index in [9.17, 15) is 9.90 Å². The molecule has 0 amide bonds. The van der Waals surface area contributed by atoms with Gasteiger partial charge in [0.05, 0.1) is 6.10 Å². The summed E-state index contributed by atoms with van der Waals surface area (Å²) in [6.45, 7) is 5.11. The number of aliphatic carboxylic acids is 1. The van der Waals surface area contributed by atoms with Crippen LogP contribution in [-0.4, -0.2) is 29.3 Å². The number of aliphatic hydroxyl groups is 1. The average Bonchev–Trinajstić information content (AvgIpc) is 2.31. The number of aliphatic hydroxyl groups excluding tert-OH is 1. The van der Waals surface area contributed by atoms with Gasteiger partial charge >= 0.3 is 5.97 Å². The molecule has 3 N–H and O–H groups in total. The van der Waals surface area contributed by atoms with Gasteiger partial charge in [0.15, 0.2) is 0 Å². The summed E-state index contributed by atoms with van der Waals surface area (Å²) < 4.78 is 0. The molecule has 4 nitrogen and oxygen atoms in total. The van der Waals surface area contributed by atoms with Crippen LogP contribution in [0.15, 0.2) is 18.2 Å². The van der Waals surface area contributed by atoms with Crippen molar-refractivity contribution in [1.82, 2.24) is 5.32 Å². The zero-order valence-electron chi connectivity index (χ0n) is 10.9. The molecule has 0 spiro atoms. The number of benzene rings is 1. The summed E-state index contributed by atoms with van der Waals surface area (Å²) in [5, 5.41) is 21.5. The van der Waals surface area contributed by atoms with E-state index in [1.807, 2.05) is 32.0 Å². The molecule has 0 saturated carbocycles. The van der Waals surface area contributed by atoms with Crippen molar-refractivity contribution in [3.8, 4) is 0 Å². The van der Waals surface area contributed by atoms with Crippen LogP contribution in [0.1, 0.15) is 35.6 Å². The highest BCUT2D eigenvalue weighted by Crippen LogP contribution is 2.16. The van der Waals surface area contributed by atoms with Crippen LogP contribution in [-0.2, 0) is 4.79 Å². The van der Waals surface area contributed by atoms with Crippen LogP contribution in [0.2, 0.25) is 0 Å². The van der Waals surface area contributed by atoms with Crippen LogP contribution in [0.5, 0.6) is 0 Å². The van der Waals surface area contributed by atoms with E-state index in [-0.39, 0.29) is 6.42 Å². The van der Waals surface area contributed by atoms with Gasteiger partial charge in [0.2, 0.25) is 0 Å². The second-order valence-corrected chi connectivity index (χ2v) is 4.56. The van der Waals surface area contributed by atoms with E-state index in [0.29, 0.717) is 19.5 Å². The van der Waals surface area contributed by atoms with Gasteiger partial charge in [0.25, 0.3) is 0 Å². The Morgan fingerprint density at radius 3 is 2.67 bits per heavy atom. The van der Waals surface area contributed by atoms with E-state index >= 15 is 0 Å². The van der Waals surface area contributed by atoms with E-state index in [4.69, 9.17) is 5.11 Å². The van der Waals surface area contributed by atoms with Gasteiger partial charge in [0, 0.05) is 13.0 Å². The number of carboxylic acids is 1. The molecule has 0 aromatic heterocycles. The van der Waals surface area contributed by atoms with E-state index in [1.165, 1.54) is 5.56 Å². The molecular formula is C14H21NO3. The quantitative estimate of drug-likeness (QED) is 0.646. The van der Waals surface area contributed by atoms with Crippen LogP contribution < -0.4 is 5.32 Å². The topological polar surface area (TPSA) is 69.6 Å². The molecule has 1 aromatic carbocycles. The highest BCUT2D eigenvalue weighted by molar-refractivity contribution is 5.66. The highest BCUT2D eigenvalue weighted by atomic mass is 16.4. The van der Waals surface area contributed by atoms with Gasteiger partial charge in [0.1, 0.15) is 0 Å². The molecule has 1 atom stereocenters. The lowest BCUT2D eigenvalue weighted by Gasteiger charge is -2.13. The molecule has 100 valence electrons. The standard InChI is InChI=1S/C14H21NO3/c1-10-5-6-12(8-11(10)2)13(16)9-15-7-3-4-14(17)18/h5-6,8,13,15-16H,3-4,7,9H2,1-2H3,(H,17,18).